The summed E-state index contributed by atoms with van der Waals surface area (Å²) in [4.78, 5) is 21.1. The highest BCUT2D eigenvalue weighted by molar-refractivity contribution is 5.80. The standard InChI is InChI=1S/C10H13N3O3/c1-7(11)10(14)12-6-8-2-4-9(5-3-8)13(15)16/h2-5,7H,6,11H2,1H3,(H,12,14). The van der Waals surface area contributed by atoms with Gasteiger partial charge in [0.25, 0.3) is 5.69 Å². The van der Waals surface area contributed by atoms with Crippen molar-refractivity contribution in [2.75, 3.05) is 0 Å². The topological polar surface area (TPSA) is 98.3 Å². The van der Waals surface area contributed by atoms with Gasteiger partial charge in [-0.05, 0) is 12.5 Å². The highest BCUT2D eigenvalue weighted by Crippen LogP contribution is 2.11. The van der Waals surface area contributed by atoms with Crippen molar-refractivity contribution in [3.05, 3.63) is 39.9 Å². The van der Waals surface area contributed by atoms with Crippen LogP contribution in [0.5, 0.6) is 0 Å². The van der Waals surface area contributed by atoms with Crippen LogP contribution in [0.1, 0.15) is 12.5 Å². The van der Waals surface area contributed by atoms with Gasteiger partial charge in [-0.15, -0.1) is 0 Å². The Morgan fingerprint density at radius 1 is 1.50 bits per heavy atom. The number of carbonyl (C=O) groups is 1. The van der Waals surface area contributed by atoms with Gasteiger partial charge in [-0.2, -0.15) is 0 Å². The molecule has 1 unspecified atom stereocenters. The Labute approximate surface area is 92.6 Å². The number of nitrogens with one attached hydrogen (secondary N) is 1. The van der Waals surface area contributed by atoms with Gasteiger partial charge in [0.15, 0.2) is 0 Å². The minimum absolute atomic E-state index is 0.0299. The monoisotopic (exact) mass is 223 g/mol. The lowest BCUT2D eigenvalue weighted by molar-refractivity contribution is -0.384. The number of non-ortho nitro benzene ring substituents is 1. The third-order valence-electron chi connectivity index (χ3n) is 2.03. The molecule has 16 heavy (non-hydrogen) atoms. The summed E-state index contributed by atoms with van der Waals surface area (Å²) in [5.74, 6) is -0.252. The Bertz CT molecular complexity index is 387. The molecule has 6 heteroatoms. The molecule has 0 saturated heterocycles. The molecule has 0 radical (unpaired) electrons. The van der Waals surface area contributed by atoms with Crippen molar-refractivity contribution in [2.45, 2.75) is 19.5 Å². The highest BCUT2D eigenvalue weighted by atomic mass is 16.6. The summed E-state index contributed by atoms with van der Waals surface area (Å²) >= 11 is 0. The predicted octanol–water partition coefficient (Wildman–Crippen LogP) is 0.558. The van der Waals surface area contributed by atoms with Crippen LogP contribution in [0.15, 0.2) is 24.3 Å². The SMILES string of the molecule is CC(N)C(=O)NCc1ccc([N+](=O)[O-])cc1. The van der Waals surface area contributed by atoms with Crippen LogP contribution >= 0.6 is 0 Å². The van der Waals surface area contributed by atoms with Gasteiger partial charge in [0.1, 0.15) is 0 Å². The number of carbonyl (C=O) groups excluding carboxylic acids is 1. The molecular formula is C10H13N3O3. The first kappa shape index (κ1) is 12.1. The van der Waals surface area contributed by atoms with Gasteiger partial charge in [0.2, 0.25) is 5.91 Å². The van der Waals surface area contributed by atoms with Crippen molar-refractivity contribution in [1.29, 1.82) is 0 Å². The molecular weight excluding hydrogens is 210 g/mol. The number of rotatable bonds is 4. The highest BCUT2D eigenvalue weighted by Gasteiger charge is 2.07. The summed E-state index contributed by atoms with van der Waals surface area (Å²) in [5.41, 5.74) is 6.18. The van der Waals surface area contributed by atoms with E-state index < -0.39 is 11.0 Å². The third kappa shape index (κ3) is 3.32. The zero-order valence-electron chi connectivity index (χ0n) is 8.84. The maximum Gasteiger partial charge on any atom is 0.269 e. The van der Waals surface area contributed by atoms with Gasteiger partial charge in [-0.1, -0.05) is 12.1 Å². The molecule has 0 bridgehead atoms. The summed E-state index contributed by atoms with van der Waals surface area (Å²) < 4.78 is 0. The minimum Gasteiger partial charge on any atom is -0.351 e. The summed E-state index contributed by atoms with van der Waals surface area (Å²) in [5, 5.41) is 13.0. The Balaban J connectivity index is 2.56. The predicted molar refractivity (Wildman–Crippen MR) is 58.6 cm³/mol. The van der Waals surface area contributed by atoms with Crippen molar-refractivity contribution < 1.29 is 9.72 Å². The molecule has 0 spiro atoms. The minimum atomic E-state index is -0.557. The van der Waals surface area contributed by atoms with Gasteiger partial charge >= 0.3 is 0 Å². The van der Waals surface area contributed by atoms with Crippen molar-refractivity contribution in [3.8, 4) is 0 Å². The van der Waals surface area contributed by atoms with Gasteiger partial charge in [0, 0.05) is 18.7 Å². The smallest absolute Gasteiger partial charge is 0.269 e. The van der Waals surface area contributed by atoms with Gasteiger partial charge in [-0.3, -0.25) is 14.9 Å². The molecule has 0 aliphatic rings. The summed E-state index contributed by atoms with van der Waals surface area (Å²) in [6, 6.07) is 5.43. The average Bonchev–Trinajstić information content (AvgIpc) is 2.26. The molecule has 0 heterocycles. The zero-order chi connectivity index (χ0) is 12.1. The summed E-state index contributed by atoms with van der Waals surface area (Å²) in [6.07, 6.45) is 0. The van der Waals surface area contributed by atoms with E-state index in [1.165, 1.54) is 12.1 Å². The Morgan fingerprint density at radius 3 is 2.50 bits per heavy atom. The lowest BCUT2D eigenvalue weighted by atomic mass is 10.2. The van der Waals surface area contributed by atoms with E-state index in [9.17, 15) is 14.9 Å². The van der Waals surface area contributed by atoms with E-state index in [2.05, 4.69) is 5.32 Å². The van der Waals surface area contributed by atoms with Crippen LogP contribution in [0.3, 0.4) is 0 Å². The fourth-order valence-electron chi connectivity index (χ4n) is 1.09. The molecule has 1 aromatic rings. The summed E-state index contributed by atoms with van der Waals surface area (Å²) in [6.45, 7) is 1.91. The molecule has 1 amide bonds. The van der Waals surface area contributed by atoms with Crippen LogP contribution in [0, 0.1) is 10.1 Å². The van der Waals surface area contributed by atoms with E-state index in [1.54, 1.807) is 19.1 Å². The largest absolute Gasteiger partial charge is 0.351 e. The summed E-state index contributed by atoms with van der Waals surface area (Å²) in [7, 11) is 0. The van der Waals surface area contributed by atoms with E-state index in [0.717, 1.165) is 5.56 Å². The maximum atomic E-state index is 11.1. The quantitative estimate of drug-likeness (QED) is 0.575. The van der Waals surface area contributed by atoms with Gasteiger partial charge in [-0.25, -0.2) is 0 Å². The van der Waals surface area contributed by atoms with Gasteiger partial charge < -0.3 is 11.1 Å². The molecule has 1 aromatic carbocycles. The number of hydrogen-bond donors (Lipinski definition) is 2. The maximum absolute atomic E-state index is 11.1. The Morgan fingerprint density at radius 2 is 2.06 bits per heavy atom. The van der Waals surface area contributed by atoms with E-state index >= 15 is 0 Å². The fourth-order valence-corrected chi connectivity index (χ4v) is 1.09. The van der Waals surface area contributed by atoms with Crippen molar-refractivity contribution in [2.24, 2.45) is 5.73 Å². The molecule has 3 N–H and O–H groups in total. The molecule has 1 atom stereocenters. The van der Waals surface area contributed by atoms with Crippen LogP contribution in [-0.4, -0.2) is 16.9 Å². The number of nitro groups is 1. The number of nitro benzene ring substituents is 1. The first-order valence-corrected chi connectivity index (χ1v) is 4.77. The van der Waals surface area contributed by atoms with E-state index in [1.807, 2.05) is 0 Å². The first-order chi connectivity index (χ1) is 7.50. The van der Waals surface area contributed by atoms with Crippen LogP contribution in [-0.2, 0) is 11.3 Å². The van der Waals surface area contributed by atoms with E-state index in [-0.39, 0.29) is 11.6 Å². The average molecular weight is 223 g/mol. The van der Waals surface area contributed by atoms with Gasteiger partial charge in [0.05, 0.1) is 11.0 Å². The lowest BCUT2D eigenvalue weighted by Gasteiger charge is -2.07. The number of benzene rings is 1. The second-order valence-corrected chi connectivity index (χ2v) is 3.43. The number of nitrogens with two attached hydrogens (primary N) is 1. The van der Waals surface area contributed by atoms with Crippen LogP contribution in [0.2, 0.25) is 0 Å². The molecule has 0 aromatic heterocycles. The number of amides is 1. The molecule has 1 rings (SSSR count). The number of hydrogen-bond acceptors (Lipinski definition) is 4. The Kier molecular flexibility index (Phi) is 3.96. The lowest BCUT2D eigenvalue weighted by Crippen LogP contribution is -2.37. The Hall–Kier alpha value is -1.95. The van der Waals surface area contributed by atoms with Crippen molar-refractivity contribution in [3.63, 3.8) is 0 Å². The first-order valence-electron chi connectivity index (χ1n) is 4.77. The van der Waals surface area contributed by atoms with Crippen LogP contribution < -0.4 is 11.1 Å². The fraction of sp³-hybridized carbons (Fsp3) is 0.300. The normalized spacial score (nSPS) is 11.9. The van der Waals surface area contributed by atoms with Crippen molar-refractivity contribution >= 4 is 11.6 Å². The third-order valence-corrected chi connectivity index (χ3v) is 2.03. The molecule has 0 aliphatic heterocycles. The van der Waals surface area contributed by atoms with E-state index in [0.29, 0.717) is 6.54 Å². The van der Waals surface area contributed by atoms with E-state index in [4.69, 9.17) is 5.73 Å². The molecule has 0 saturated carbocycles. The second-order valence-electron chi connectivity index (χ2n) is 3.43. The zero-order valence-corrected chi connectivity index (χ0v) is 8.84. The van der Waals surface area contributed by atoms with Crippen LogP contribution in [0.25, 0.3) is 0 Å². The molecule has 0 aliphatic carbocycles. The van der Waals surface area contributed by atoms with Crippen LogP contribution in [0.4, 0.5) is 5.69 Å². The molecule has 0 fully saturated rings. The molecule has 86 valence electrons. The molecule has 6 nitrogen and oxygen atoms in total. The second kappa shape index (κ2) is 5.22. The van der Waals surface area contributed by atoms with Crippen molar-refractivity contribution in [1.82, 2.24) is 5.32 Å². The number of nitrogens with zero attached hydrogens (tertiary/aromatic N) is 1.